The molecule has 0 spiro atoms. The average Bonchev–Trinajstić information content (AvgIpc) is 2.29. The van der Waals surface area contributed by atoms with Crippen molar-refractivity contribution in [1.82, 2.24) is 5.32 Å². The zero-order chi connectivity index (χ0) is 11.0. The Hall–Kier alpha value is -1.02. The van der Waals surface area contributed by atoms with Gasteiger partial charge in [0.25, 0.3) is 0 Å². The van der Waals surface area contributed by atoms with Gasteiger partial charge in [-0.1, -0.05) is 12.1 Å². The molecular weight excluding hydrogens is 198 g/mol. The van der Waals surface area contributed by atoms with Gasteiger partial charge in [-0.15, -0.1) is 0 Å². The molecule has 86 valence electrons. The summed E-state index contributed by atoms with van der Waals surface area (Å²) >= 11 is 0. The standard InChI is InChI=1S/C14H19NO/c16-13-3-1-2-10(9-13)14-5-4-12-8-11(14)6-7-15-12/h1-3,9,11-12,14-16H,4-8H2. The van der Waals surface area contributed by atoms with Crippen LogP contribution in [0.5, 0.6) is 5.75 Å². The van der Waals surface area contributed by atoms with Crippen molar-refractivity contribution in [3.05, 3.63) is 29.8 Å². The molecule has 1 heterocycles. The van der Waals surface area contributed by atoms with Crippen molar-refractivity contribution in [3.8, 4) is 5.75 Å². The van der Waals surface area contributed by atoms with Crippen LogP contribution in [0.2, 0.25) is 0 Å². The second-order valence-corrected chi connectivity index (χ2v) is 5.21. The maximum Gasteiger partial charge on any atom is 0.115 e. The Morgan fingerprint density at radius 1 is 1.19 bits per heavy atom. The first-order valence-electron chi connectivity index (χ1n) is 6.35. The van der Waals surface area contributed by atoms with Gasteiger partial charge in [-0.2, -0.15) is 0 Å². The minimum absolute atomic E-state index is 0.411. The molecule has 1 aliphatic carbocycles. The summed E-state index contributed by atoms with van der Waals surface area (Å²) in [5.74, 6) is 1.90. The molecule has 1 aliphatic heterocycles. The third-order valence-electron chi connectivity index (χ3n) is 4.23. The second-order valence-electron chi connectivity index (χ2n) is 5.21. The van der Waals surface area contributed by atoms with E-state index in [0.717, 1.165) is 12.0 Å². The highest BCUT2D eigenvalue weighted by Crippen LogP contribution is 2.41. The molecule has 16 heavy (non-hydrogen) atoms. The number of hydrogen-bond acceptors (Lipinski definition) is 2. The number of fused-ring (bicyclic) bond motifs is 2. The Morgan fingerprint density at radius 2 is 2.12 bits per heavy atom. The fraction of sp³-hybridized carbons (Fsp3) is 0.571. The van der Waals surface area contributed by atoms with E-state index in [1.807, 2.05) is 12.1 Å². The first kappa shape index (κ1) is 10.2. The molecular formula is C14H19NO. The van der Waals surface area contributed by atoms with Gasteiger partial charge < -0.3 is 10.4 Å². The largest absolute Gasteiger partial charge is 0.508 e. The van der Waals surface area contributed by atoms with Gasteiger partial charge in [0, 0.05) is 6.04 Å². The van der Waals surface area contributed by atoms with Crippen molar-refractivity contribution < 1.29 is 5.11 Å². The highest BCUT2D eigenvalue weighted by atomic mass is 16.3. The second kappa shape index (κ2) is 4.10. The SMILES string of the molecule is Oc1cccc(C2CCC3CC2CCN3)c1. The zero-order valence-corrected chi connectivity index (χ0v) is 9.52. The summed E-state index contributed by atoms with van der Waals surface area (Å²) in [6.07, 6.45) is 5.17. The van der Waals surface area contributed by atoms with E-state index in [1.54, 1.807) is 6.07 Å². The summed E-state index contributed by atoms with van der Waals surface area (Å²) in [6, 6.07) is 8.61. The Kier molecular flexibility index (Phi) is 2.60. The van der Waals surface area contributed by atoms with Gasteiger partial charge >= 0.3 is 0 Å². The molecule has 2 aliphatic rings. The Balaban J connectivity index is 1.84. The molecule has 3 atom stereocenters. The molecule has 2 bridgehead atoms. The summed E-state index contributed by atoms with van der Waals surface area (Å²) in [4.78, 5) is 0. The van der Waals surface area contributed by atoms with Gasteiger partial charge in [0.2, 0.25) is 0 Å². The zero-order valence-electron chi connectivity index (χ0n) is 9.52. The van der Waals surface area contributed by atoms with Crippen LogP contribution in [0.1, 0.15) is 37.2 Å². The average molecular weight is 217 g/mol. The molecule has 3 rings (SSSR count). The van der Waals surface area contributed by atoms with Crippen LogP contribution in [0.3, 0.4) is 0 Å². The third kappa shape index (κ3) is 1.82. The lowest BCUT2D eigenvalue weighted by Gasteiger charge is -2.41. The van der Waals surface area contributed by atoms with Crippen LogP contribution in [-0.4, -0.2) is 17.7 Å². The molecule has 1 saturated carbocycles. The van der Waals surface area contributed by atoms with Gasteiger partial charge in [-0.05, 0) is 61.8 Å². The van der Waals surface area contributed by atoms with Crippen LogP contribution in [0, 0.1) is 5.92 Å². The quantitative estimate of drug-likeness (QED) is 0.758. The summed E-state index contributed by atoms with van der Waals surface area (Å²) in [5.41, 5.74) is 1.34. The van der Waals surface area contributed by atoms with Crippen LogP contribution in [0.15, 0.2) is 24.3 Å². The highest BCUT2D eigenvalue weighted by Gasteiger charge is 2.33. The van der Waals surface area contributed by atoms with Crippen molar-refractivity contribution in [1.29, 1.82) is 0 Å². The summed E-state index contributed by atoms with van der Waals surface area (Å²) < 4.78 is 0. The first-order chi connectivity index (χ1) is 7.83. The summed E-state index contributed by atoms with van der Waals surface area (Å²) in [7, 11) is 0. The number of rotatable bonds is 1. The van der Waals surface area contributed by atoms with Crippen LogP contribution in [0.25, 0.3) is 0 Å². The molecule has 2 fully saturated rings. The van der Waals surface area contributed by atoms with Crippen LogP contribution in [-0.2, 0) is 0 Å². The maximum absolute atomic E-state index is 9.56. The fourth-order valence-corrected chi connectivity index (χ4v) is 3.44. The number of benzene rings is 1. The fourth-order valence-electron chi connectivity index (χ4n) is 3.44. The van der Waals surface area contributed by atoms with Crippen molar-refractivity contribution in [2.24, 2.45) is 5.92 Å². The Labute approximate surface area is 96.7 Å². The molecule has 0 amide bonds. The topological polar surface area (TPSA) is 32.3 Å². The van der Waals surface area contributed by atoms with E-state index in [9.17, 15) is 5.11 Å². The van der Waals surface area contributed by atoms with Crippen molar-refractivity contribution >= 4 is 0 Å². The Bertz CT molecular complexity index is 377. The van der Waals surface area contributed by atoms with E-state index in [2.05, 4.69) is 11.4 Å². The van der Waals surface area contributed by atoms with Gasteiger partial charge in [0.1, 0.15) is 5.75 Å². The number of phenols is 1. The predicted octanol–water partition coefficient (Wildman–Crippen LogP) is 2.64. The van der Waals surface area contributed by atoms with E-state index >= 15 is 0 Å². The lowest BCUT2D eigenvalue weighted by molar-refractivity contribution is 0.194. The van der Waals surface area contributed by atoms with E-state index in [-0.39, 0.29) is 0 Å². The summed E-state index contributed by atoms with van der Waals surface area (Å²) in [6.45, 7) is 1.17. The van der Waals surface area contributed by atoms with Crippen LogP contribution < -0.4 is 5.32 Å². The monoisotopic (exact) mass is 217 g/mol. The number of nitrogens with one attached hydrogen (secondary N) is 1. The molecule has 1 aromatic rings. The number of piperidine rings is 1. The molecule has 0 radical (unpaired) electrons. The minimum Gasteiger partial charge on any atom is -0.508 e. The molecule has 0 aromatic heterocycles. The van der Waals surface area contributed by atoms with Gasteiger partial charge in [0.05, 0.1) is 0 Å². The van der Waals surface area contributed by atoms with Crippen molar-refractivity contribution in [3.63, 3.8) is 0 Å². The smallest absolute Gasteiger partial charge is 0.115 e. The lowest BCUT2D eigenvalue weighted by Crippen LogP contribution is -2.43. The lowest BCUT2D eigenvalue weighted by atomic mass is 9.70. The number of aromatic hydroxyl groups is 1. The predicted molar refractivity (Wildman–Crippen MR) is 64.6 cm³/mol. The first-order valence-corrected chi connectivity index (χ1v) is 6.35. The van der Waals surface area contributed by atoms with E-state index < -0.39 is 0 Å². The normalized spacial score (nSPS) is 33.6. The van der Waals surface area contributed by atoms with Gasteiger partial charge in [0.15, 0.2) is 0 Å². The van der Waals surface area contributed by atoms with Crippen LogP contribution in [0.4, 0.5) is 0 Å². The van der Waals surface area contributed by atoms with E-state index in [0.29, 0.717) is 11.7 Å². The third-order valence-corrected chi connectivity index (χ3v) is 4.23. The summed E-state index contributed by atoms with van der Waals surface area (Å²) in [5, 5.41) is 13.1. The number of phenolic OH excluding ortho intramolecular Hbond substituents is 1. The molecule has 1 aromatic carbocycles. The van der Waals surface area contributed by atoms with E-state index in [1.165, 1.54) is 37.8 Å². The highest BCUT2D eigenvalue weighted by molar-refractivity contribution is 5.30. The molecule has 3 unspecified atom stereocenters. The van der Waals surface area contributed by atoms with Crippen molar-refractivity contribution in [2.75, 3.05) is 6.54 Å². The Morgan fingerprint density at radius 3 is 3.00 bits per heavy atom. The van der Waals surface area contributed by atoms with Gasteiger partial charge in [-0.25, -0.2) is 0 Å². The van der Waals surface area contributed by atoms with Crippen LogP contribution >= 0.6 is 0 Å². The molecule has 1 saturated heterocycles. The maximum atomic E-state index is 9.56. The minimum atomic E-state index is 0.411. The number of hydrogen-bond donors (Lipinski definition) is 2. The van der Waals surface area contributed by atoms with Crippen molar-refractivity contribution in [2.45, 2.75) is 37.6 Å². The van der Waals surface area contributed by atoms with E-state index in [4.69, 9.17) is 0 Å². The molecule has 2 heteroatoms. The molecule has 2 nitrogen and oxygen atoms in total. The van der Waals surface area contributed by atoms with Gasteiger partial charge in [-0.3, -0.25) is 0 Å². The molecule has 2 N–H and O–H groups in total.